The molecule has 1 aromatic heterocycles. The third-order valence-corrected chi connectivity index (χ3v) is 4.31. The van der Waals surface area contributed by atoms with Gasteiger partial charge in [-0.25, -0.2) is 4.98 Å². The second-order valence-electron chi connectivity index (χ2n) is 6.15. The first-order valence-corrected chi connectivity index (χ1v) is 8.33. The summed E-state index contributed by atoms with van der Waals surface area (Å²) < 4.78 is 44.8. The van der Waals surface area contributed by atoms with Crippen LogP contribution in [0, 0.1) is 0 Å². The third-order valence-electron chi connectivity index (χ3n) is 4.31. The Morgan fingerprint density at radius 2 is 1.85 bits per heavy atom. The maximum absolute atomic E-state index is 13.0. The SMILES string of the molecule is O=C(NC1CCC(Oc2cnccn2)CC1)c1ccccc1C(F)(F)F. The van der Waals surface area contributed by atoms with Crippen molar-refractivity contribution in [1.29, 1.82) is 0 Å². The van der Waals surface area contributed by atoms with Crippen molar-refractivity contribution in [3.63, 3.8) is 0 Å². The van der Waals surface area contributed by atoms with Crippen LogP contribution in [0.15, 0.2) is 42.9 Å². The lowest BCUT2D eigenvalue weighted by Crippen LogP contribution is -2.40. The maximum Gasteiger partial charge on any atom is 0.417 e. The maximum atomic E-state index is 13.0. The smallest absolute Gasteiger partial charge is 0.417 e. The van der Waals surface area contributed by atoms with Gasteiger partial charge in [0, 0.05) is 18.4 Å². The number of hydrogen-bond acceptors (Lipinski definition) is 4. The predicted molar refractivity (Wildman–Crippen MR) is 87.6 cm³/mol. The van der Waals surface area contributed by atoms with Crippen LogP contribution in [-0.2, 0) is 6.18 Å². The number of amides is 1. The van der Waals surface area contributed by atoms with Gasteiger partial charge >= 0.3 is 6.18 Å². The number of hydrogen-bond donors (Lipinski definition) is 1. The van der Waals surface area contributed by atoms with Crippen LogP contribution in [0.5, 0.6) is 5.88 Å². The van der Waals surface area contributed by atoms with E-state index >= 15 is 0 Å². The zero-order valence-corrected chi connectivity index (χ0v) is 13.9. The van der Waals surface area contributed by atoms with Crippen molar-refractivity contribution in [3.05, 3.63) is 54.0 Å². The molecule has 5 nitrogen and oxygen atoms in total. The van der Waals surface area contributed by atoms with Crippen LogP contribution in [0.3, 0.4) is 0 Å². The zero-order chi connectivity index (χ0) is 18.6. The summed E-state index contributed by atoms with van der Waals surface area (Å²) in [6.45, 7) is 0. The highest BCUT2D eigenvalue weighted by atomic mass is 19.4. The van der Waals surface area contributed by atoms with Crippen molar-refractivity contribution in [2.24, 2.45) is 0 Å². The third kappa shape index (κ3) is 4.50. The lowest BCUT2D eigenvalue weighted by atomic mass is 9.92. The monoisotopic (exact) mass is 365 g/mol. The standard InChI is InChI=1S/C18H18F3N3O2/c19-18(20,21)15-4-2-1-3-14(15)17(25)24-12-5-7-13(8-6-12)26-16-11-22-9-10-23-16/h1-4,9-13H,5-8H2,(H,24,25). The summed E-state index contributed by atoms with van der Waals surface area (Å²) in [6.07, 6.45) is 2.65. The Kier molecular flexibility index (Phi) is 5.39. The average molecular weight is 365 g/mol. The first-order chi connectivity index (χ1) is 12.4. The summed E-state index contributed by atoms with van der Waals surface area (Å²) in [6, 6.07) is 4.64. The van der Waals surface area contributed by atoms with E-state index in [4.69, 9.17) is 4.74 Å². The van der Waals surface area contributed by atoms with E-state index in [1.165, 1.54) is 24.4 Å². The van der Waals surface area contributed by atoms with E-state index in [1.807, 2.05) is 0 Å². The van der Waals surface area contributed by atoms with Crippen LogP contribution in [0.25, 0.3) is 0 Å². The van der Waals surface area contributed by atoms with Gasteiger partial charge in [-0.05, 0) is 37.8 Å². The van der Waals surface area contributed by atoms with Gasteiger partial charge in [0.05, 0.1) is 17.3 Å². The number of carbonyl (C=O) groups is 1. The minimum absolute atomic E-state index is 0.0395. The van der Waals surface area contributed by atoms with Crippen molar-refractivity contribution in [1.82, 2.24) is 15.3 Å². The first-order valence-electron chi connectivity index (χ1n) is 8.33. The van der Waals surface area contributed by atoms with Crippen LogP contribution < -0.4 is 10.1 Å². The van der Waals surface area contributed by atoms with Crippen LogP contribution in [0.1, 0.15) is 41.6 Å². The van der Waals surface area contributed by atoms with Gasteiger partial charge in [0.25, 0.3) is 5.91 Å². The Labute approximate surface area is 148 Å². The number of benzene rings is 1. The van der Waals surface area contributed by atoms with Gasteiger partial charge < -0.3 is 10.1 Å². The Hall–Kier alpha value is -2.64. The van der Waals surface area contributed by atoms with Crippen LogP contribution in [-0.4, -0.2) is 28.0 Å². The summed E-state index contributed by atoms with van der Waals surface area (Å²) in [4.78, 5) is 20.3. The fraction of sp³-hybridized carbons (Fsp3) is 0.389. The highest BCUT2D eigenvalue weighted by Crippen LogP contribution is 2.32. The molecular weight excluding hydrogens is 347 g/mol. The molecule has 3 rings (SSSR count). The normalized spacial score (nSPS) is 20.4. The van der Waals surface area contributed by atoms with Crippen molar-refractivity contribution < 1.29 is 22.7 Å². The van der Waals surface area contributed by atoms with Gasteiger partial charge in [-0.3, -0.25) is 9.78 Å². The van der Waals surface area contributed by atoms with E-state index in [9.17, 15) is 18.0 Å². The lowest BCUT2D eigenvalue weighted by molar-refractivity contribution is -0.137. The van der Waals surface area contributed by atoms with Crippen molar-refractivity contribution in [2.75, 3.05) is 0 Å². The Morgan fingerprint density at radius 3 is 2.50 bits per heavy atom. The molecule has 1 saturated carbocycles. The molecular formula is C18H18F3N3O2. The van der Waals surface area contributed by atoms with Gasteiger partial charge in [-0.2, -0.15) is 13.2 Å². The number of halogens is 3. The van der Waals surface area contributed by atoms with Crippen molar-refractivity contribution in [3.8, 4) is 5.88 Å². The second-order valence-corrected chi connectivity index (χ2v) is 6.15. The number of rotatable bonds is 4. The first kappa shape index (κ1) is 18.2. The lowest BCUT2D eigenvalue weighted by Gasteiger charge is -2.29. The molecule has 1 N–H and O–H groups in total. The quantitative estimate of drug-likeness (QED) is 0.899. The minimum Gasteiger partial charge on any atom is -0.473 e. The molecule has 1 aliphatic rings. The fourth-order valence-electron chi connectivity index (χ4n) is 3.03. The molecule has 1 amide bonds. The van der Waals surface area contributed by atoms with Crippen LogP contribution in [0.4, 0.5) is 13.2 Å². The van der Waals surface area contributed by atoms with Crippen molar-refractivity contribution in [2.45, 2.75) is 44.0 Å². The number of ether oxygens (including phenoxy) is 1. The van der Waals surface area contributed by atoms with Crippen LogP contribution >= 0.6 is 0 Å². The Balaban J connectivity index is 1.56. The predicted octanol–water partition coefficient (Wildman–Crippen LogP) is 3.62. The molecule has 0 bridgehead atoms. The molecule has 0 atom stereocenters. The summed E-state index contributed by atoms with van der Waals surface area (Å²) in [7, 11) is 0. The van der Waals surface area contributed by atoms with E-state index in [0.717, 1.165) is 6.07 Å². The van der Waals surface area contributed by atoms with Gasteiger partial charge in [-0.1, -0.05) is 12.1 Å². The highest BCUT2D eigenvalue weighted by Gasteiger charge is 2.35. The molecule has 8 heteroatoms. The summed E-state index contributed by atoms with van der Waals surface area (Å²) in [5, 5.41) is 2.71. The molecule has 1 aliphatic carbocycles. The number of nitrogens with zero attached hydrogens (tertiary/aromatic N) is 2. The van der Waals surface area contributed by atoms with Crippen LogP contribution in [0.2, 0.25) is 0 Å². The van der Waals surface area contributed by atoms with E-state index in [-0.39, 0.29) is 17.7 Å². The Morgan fingerprint density at radius 1 is 1.12 bits per heavy atom. The molecule has 0 radical (unpaired) electrons. The average Bonchev–Trinajstić information content (AvgIpc) is 2.63. The van der Waals surface area contributed by atoms with E-state index in [2.05, 4.69) is 15.3 Å². The minimum atomic E-state index is -4.56. The molecule has 1 fully saturated rings. The topological polar surface area (TPSA) is 64.1 Å². The summed E-state index contributed by atoms with van der Waals surface area (Å²) in [5.74, 6) is -0.254. The largest absolute Gasteiger partial charge is 0.473 e. The molecule has 0 spiro atoms. The zero-order valence-electron chi connectivity index (χ0n) is 13.9. The fourth-order valence-corrected chi connectivity index (χ4v) is 3.03. The molecule has 0 unspecified atom stereocenters. The van der Waals surface area contributed by atoms with Crippen molar-refractivity contribution >= 4 is 5.91 Å². The second kappa shape index (κ2) is 7.72. The molecule has 26 heavy (non-hydrogen) atoms. The van der Waals surface area contributed by atoms with E-state index in [0.29, 0.717) is 31.6 Å². The molecule has 138 valence electrons. The molecule has 0 aliphatic heterocycles. The summed E-state index contributed by atoms with van der Waals surface area (Å²) >= 11 is 0. The highest BCUT2D eigenvalue weighted by molar-refractivity contribution is 5.96. The van der Waals surface area contributed by atoms with Gasteiger partial charge in [0.1, 0.15) is 6.10 Å². The molecule has 2 aromatic rings. The van der Waals surface area contributed by atoms with E-state index < -0.39 is 17.6 Å². The van der Waals surface area contributed by atoms with Gasteiger partial charge in [0.15, 0.2) is 0 Å². The van der Waals surface area contributed by atoms with E-state index in [1.54, 1.807) is 12.4 Å². The molecule has 1 heterocycles. The number of nitrogens with one attached hydrogen (secondary N) is 1. The summed E-state index contributed by atoms with van der Waals surface area (Å²) in [5.41, 5.74) is -1.27. The van der Waals surface area contributed by atoms with Gasteiger partial charge in [0.2, 0.25) is 5.88 Å². The number of alkyl halides is 3. The Bertz CT molecular complexity index is 745. The number of carbonyl (C=O) groups excluding carboxylic acids is 1. The van der Waals surface area contributed by atoms with Gasteiger partial charge in [-0.15, -0.1) is 0 Å². The number of aromatic nitrogens is 2. The molecule has 0 saturated heterocycles. The molecule has 1 aromatic carbocycles.